The zero-order valence-corrected chi connectivity index (χ0v) is 36.9. The van der Waals surface area contributed by atoms with Crippen LogP contribution in [0, 0.1) is 35.5 Å². The molecule has 0 aromatic carbocycles. The summed E-state index contributed by atoms with van der Waals surface area (Å²) in [4.78, 5) is 39.3. The van der Waals surface area contributed by atoms with Gasteiger partial charge in [-0.25, -0.2) is 4.79 Å². The number of rotatable bonds is 17. The molecule has 0 saturated heterocycles. The molecule has 13 nitrogen and oxygen atoms in total. The molecule has 0 radical (unpaired) electrons. The topological polar surface area (TPSA) is 171 Å². The highest BCUT2D eigenvalue weighted by atomic mass is 16.5. The quantitative estimate of drug-likeness (QED) is 0.0997. The molecule has 3 N–H and O–H groups in total. The normalized spacial score (nSPS) is 32.8. The highest BCUT2D eigenvalue weighted by molar-refractivity contribution is 5.82. The first-order chi connectivity index (χ1) is 27.5. The number of carbonyl (C=O) groups excluding carboxylic acids is 3. The summed E-state index contributed by atoms with van der Waals surface area (Å²) in [6.45, 7) is 11.0. The fraction of sp³-hybridized carbons (Fsp3) is 0.756. The van der Waals surface area contributed by atoms with E-state index in [1.165, 1.54) is 11.0 Å². The Labute approximate surface area is 347 Å². The molecule has 0 aromatic heterocycles. The molecule has 2 bridgehead atoms. The number of cyclic esters (lactones) is 1. The maximum atomic E-state index is 13.5. The van der Waals surface area contributed by atoms with Crippen LogP contribution in [0.3, 0.4) is 0 Å². The molecule has 0 aromatic rings. The van der Waals surface area contributed by atoms with Gasteiger partial charge in [-0.15, -0.1) is 0 Å². The molecule has 0 aliphatic carbocycles. The molecule has 58 heavy (non-hydrogen) atoms. The van der Waals surface area contributed by atoms with E-state index < -0.39 is 72.4 Å². The number of ketones is 1. The van der Waals surface area contributed by atoms with E-state index in [0.717, 1.165) is 5.57 Å². The van der Waals surface area contributed by atoms with Crippen LogP contribution in [-0.4, -0.2) is 135 Å². The Morgan fingerprint density at radius 3 is 2.26 bits per heavy atom. The number of Topliss-reactive ketones (excluding diaryl/α,β-unsaturated/α-hetero) is 1. The van der Waals surface area contributed by atoms with E-state index in [1.54, 1.807) is 47.8 Å². The smallest absolute Gasteiger partial charge is 0.331 e. The van der Waals surface area contributed by atoms with Gasteiger partial charge < -0.3 is 48.6 Å². The van der Waals surface area contributed by atoms with Gasteiger partial charge in [0.1, 0.15) is 11.9 Å². The number of hydrogen-bond donors (Lipinski definition) is 3. The van der Waals surface area contributed by atoms with Crippen molar-refractivity contribution in [2.75, 3.05) is 42.1 Å². The zero-order chi connectivity index (χ0) is 43.5. The summed E-state index contributed by atoms with van der Waals surface area (Å²) in [5.74, 6) is -2.97. The number of nitrogens with zero attached hydrogens (tertiary/aromatic N) is 1. The van der Waals surface area contributed by atoms with Crippen LogP contribution in [0.5, 0.6) is 0 Å². The zero-order valence-electron chi connectivity index (χ0n) is 36.9. The van der Waals surface area contributed by atoms with Crippen molar-refractivity contribution in [3.8, 4) is 0 Å². The van der Waals surface area contributed by atoms with E-state index in [4.69, 9.17) is 28.4 Å². The maximum absolute atomic E-state index is 13.5. The molecule has 0 saturated carbocycles. The Balaban J connectivity index is 2.39. The summed E-state index contributed by atoms with van der Waals surface area (Å²) in [6, 6.07) is 0. The lowest BCUT2D eigenvalue weighted by Gasteiger charge is -2.39. The van der Waals surface area contributed by atoms with E-state index in [0.29, 0.717) is 44.9 Å². The summed E-state index contributed by atoms with van der Waals surface area (Å²) in [5, 5.41) is 33.4. The van der Waals surface area contributed by atoms with Gasteiger partial charge in [-0.3, -0.25) is 9.59 Å². The number of aliphatic hydroxyl groups is 3. The predicted octanol–water partition coefficient (Wildman–Crippen LogP) is 5.21. The number of carbonyl (C=O) groups is 3. The van der Waals surface area contributed by atoms with Gasteiger partial charge in [0.05, 0.1) is 55.4 Å². The standard InChI is InChI=1S/C45H75NO12/c1-28-15-18-34(49)23-35-13-12-14-36(57-35)24-40(54-9)37(26-47)41(55-10)25-39(53-8)32(5)45(58-42(51)20-16-28)33(6)43(52)29(2)17-19-38(50)31(4)44(56-11)30(3)21-22-46(7)27-48/h12-13,15-16,20-22,27,29-37,39-41,43-45,47,49,52H,14,17-19,23-26H2,1-11H3/b20-16+,22-21+,28-15+/t29-,30+,31-,32-,33-,34-,35-,36-,37-,39+,40-,41-,43-,44+,45-/m0/s1. The minimum absolute atomic E-state index is 0.00449. The van der Waals surface area contributed by atoms with Gasteiger partial charge in [0.15, 0.2) is 0 Å². The average Bonchev–Trinajstić information content (AvgIpc) is 3.22. The Kier molecular flexibility index (Phi) is 23.4. The fourth-order valence-electron chi connectivity index (χ4n) is 8.38. The summed E-state index contributed by atoms with van der Waals surface area (Å²) in [6.07, 6.45) is 11.2. The number of esters is 1. The van der Waals surface area contributed by atoms with Crippen molar-refractivity contribution >= 4 is 18.2 Å². The number of allylic oxidation sites excluding steroid dienone is 2. The van der Waals surface area contributed by atoms with E-state index >= 15 is 0 Å². The summed E-state index contributed by atoms with van der Waals surface area (Å²) in [7, 11) is 7.97. The number of amides is 1. The molecule has 2 aliphatic heterocycles. The Hall–Kier alpha value is -2.75. The number of hydrogen-bond acceptors (Lipinski definition) is 12. The third-order valence-corrected chi connectivity index (χ3v) is 12.3. The summed E-state index contributed by atoms with van der Waals surface area (Å²) >= 11 is 0. The van der Waals surface area contributed by atoms with Crippen LogP contribution in [0.2, 0.25) is 0 Å². The Morgan fingerprint density at radius 2 is 1.66 bits per heavy atom. The van der Waals surface area contributed by atoms with Crippen LogP contribution < -0.4 is 0 Å². The van der Waals surface area contributed by atoms with Crippen LogP contribution in [-0.2, 0) is 42.8 Å². The van der Waals surface area contributed by atoms with Crippen molar-refractivity contribution < 1.29 is 58.1 Å². The van der Waals surface area contributed by atoms with Crippen LogP contribution >= 0.6 is 0 Å². The first-order valence-electron chi connectivity index (χ1n) is 20.9. The molecule has 0 spiro atoms. The Morgan fingerprint density at radius 1 is 1.00 bits per heavy atom. The average molecular weight is 822 g/mol. The van der Waals surface area contributed by atoms with Crippen molar-refractivity contribution in [3.05, 3.63) is 48.2 Å². The maximum Gasteiger partial charge on any atom is 0.331 e. The van der Waals surface area contributed by atoms with E-state index in [9.17, 15) is 29.7 Å². The number of ether oxygens (including phenoxy) is 6. The van der Waals surface area contributed by atoms with Gasteiger partial charge in [-0.1, -0.05) is 70.6 Å². The van der Waals surface area contributed by atoms with Crippen LogP contribution in [0.15, 0.2) is 48.2 Å². The van der Waals surface area contributed by atoms with Gasteiger partial charge in [0.25, 0.3) is 0 Å². The predicted molar refractivity (Wildman–Crippen MR) is 222 cm³/mol. The summed E-state index contributed by atoms with van der Waals surface area (Å²) < 4.78 is 36.3. The SMILES string of the molecule is CO[C@H]([C@H](C)/C=C/N(C)C=O)[C@@H](C)C(=O)CC[C@H](C)[C@H](O)[C@H](C)[C@H]1OC(=O)/C=C/C(C)=C/C[C@H](O)C[C@@H]2C=CC[C@@H](C[C@H](OC)[C@H](CO)[C@@H](OC)C[C@@H](OC)[C@@H]1C)O2. The third-order valence-electron chi connectivity index (χ3n) is 12.3. The highest BCUT2D eigenvalue weighted by Crippen LogP contribution is 2.34. The number of methoxy groups -OCH3 is 4. The van der Waals surface area contributed by atoms with Crippen LogP contribution in [0.1, 0.15) is 86.5 Å². The largest absolute Gasteiger partial charge is 0.458 e. The lowest BCUT2D eigenvalue weighted by Crippen LogP contribution is -2.47. The van der Waals surface area contributed by atoms with Crippen molar-refractivity contribution in [1.82, 2.24) is 4.90 Å². The van der Waals surface area contributed by atoms with Crippen molar-refractivity contribution in [3.63, 3.8) is 0 Å². The molecule has 2 heterocycles. The van der Waals surface area contributed by atoms with Crippen molar-refractivity contribution in [2.45, 2.75) is 141 Å². The molecular formula is C45H75NO12. The minimum Gasteiger partial charge on any atom is -0.458 e. The second-order valence-electron chi connectivity index (χ2n) is 16.6. The van der Waals surface area contributed by atoms with Gasteiger partial charge >= 0.3 is 5.97 Å². The molecule has 1 amide bonds. The molecule has 13 heteroatoms. The molecular weight excluding hydrogens is 746 g/mol. The first kappa shape index (κ1) is 51.4. The monoisotopic (exact) mass is 822 g/mol. The van der Waals surface area contributed by atoms with Crippen molar-refractivity contribution in [1.29, 1.82) is 0 Å². The summed E-state index contributed by atoms with van der Waals surface area (Å²) in [5.41, 5.74) is 0.777. The van der Waals surface area contributed by atoms with E-state index in [-0.39, 0.29) is 42.9 Å². The lowest BCUT2D eigenvalue weighted by molar-refractivity contribution is -0.159. The molecule has 0 unspecified atom stereocenters. The highest BCUT2D eigenvalue weighted by Gasteiger charge is 2.41. The van der Waals surface area contributed by atoms with Gasteiger partial charge in [0.2, 0.25) is 6.41 Å². The van der Waals surface area contributed by atoms with Crippen LogP contribution in [0.25, 0.3) is 0 Å². The van der Waals surface area contributed by atoms with Gasteiger partial charge in [0, 0.05) is 103 Å². The second kappa shape index (κ2) is 26.5. The second-order valence-corrected chi connectivity index (χ2v) is 16.6. The fourth-order valence-corrected chi connectivity index (χ4v) is 8.38. The molecule has 15 atom stereocenters. The number of aliphatic hydroxyl groups excluding tert-OH is 3. The molecule has 2 aliphatic rings. The van der Waals surface area contributed by atoms with E-state index in [1.807, 2.05) is 59.8 Å². The molecule has 2 rings (SSSR count). The Bertz CT molecular complexity index is 1350. The molecule has 0 fully saturated rings. The van der Waals surface area contributed by atoms with Gasteiger partial charge in [-0.2, -0.15) is 0 Å². The molecule has 332 valence electrons. The van der Waals surface area contributed by atoms with E-state index in [2.05, 4.69) is 6.08 Å². The number of fused-ring (bicyclic) bond motifs is 2. The van der Waals surface area contributed by atoms with Crippen LogP contribution in [0.4, 0.5) is 0 Å². The van der Waals surface area contributed by atoms with Crippen molar-refractivity contribution in [2.24, 2.45) is 35.5 Å². The first-order valence-corrected chi connectivity index (χ1v) is 20.9. The minimum atomic E-state index is -0.952. The third kappa shape index (κ3) is 16.0. The lowest BCUT2D eigenvalue weighted by atomic mass is 9.78. The van der Waals surface area contributed by atoms with Gasteiger partial charge in [-0.05, 0) is 32.1 Å².